The van der Waals surface area contributed by atoms with Crippen LogP contribution in [0.4, 0.5) is 5.69 Å². The molecule has 0 aliphatic heterocycles. The third kappa shape index (κ3) is 6.29. The molecule has 32 heavy (non-hydrogen) atoms. The van der Waals surface area contributed by atoms with Gasteiger partial charge in [-0.15, -0.1) is 0 Å². The summed E-state index contributed by atoms with van der Waals surface area (Å²) in [5, 5.41) is 25.9. The molecule has 0 atom stereocenters. The lowest BCUT2D eigenvalue weighted by molar-refractivity contribution is -0.385. The molecule has 0 bridgehead atoms. The highest BCUT2D eigenvalue weighted by Crippen LogP contribution is 2.39. The molecule has 2 aromatic carbocycles. The van der Waals surface area contributed by atoms with E-state index < -0.39 is 17.4 Å². The zero-order chi connectivity index (χ0) is 24.3. The van der Waals surface area contributed by atoms with Gasteiger partial charge in [0, 0.05) is 17.2 Å². The number of nitro groups is 1. The Morgan fingerprint density at radius 2 is 1.69 bits per heavy atom. The summed E-state index contributed by atoms with van der Waals surface area (Å²) in [6, 6.07) is 8.19. The first-order valence-electron chi connectivity index (χ1n) is 10.3. The number of nitrogens with zero attached hydrogens (tertiary/aromatic N) is 2. The Kier molecular flexibility index (Phi) is 7.28. The highest BCUT2D eigenvalue weighted by Gasteiger charge is 2.26. The maximum Gasteiger partial charge on any atom is 0.311 e. The summed E-state index contributed by atoms with van der Waals surface area (Å²) < 4.78 is 5.30. The number of amides is 1. The summed E-state index contributed by atoms with van der Waals surface area (Å²) in [4.78, 5) is 22.7. The lowest BCUT2D eigenvalue weighted by Gasteiger charge is -2.27. The smallest absolute Gasteiger partial charge is 0.311 e. The number of hydrazone groups is 1. The molecule has 2 aromatic rings. The number of nitrogens with one attached hydrogen (secondary N) is 1. The third-order valence-electron chi connectivity index (χ3n) is 4.82. The molecule has 2 rings (SSSR count). The van der Waals surface area contributed by atoms with Crippen LogP contribution in [0.3, 0.4) is 0 Å². The molecule has 0 heterocycles. The lowest BCUT2D eigenvalue weighted by atomic mass is 9.78. The summed E-state index contributed by atoms with van der Waals surface area (Å²) in [6.45, 7) is 13.4. The Hall–Kier alpha value is -3.42. The molecule has 8 heteroatoms. The van der Waals surface area contributed by atoms with Crippen molar-refractivity contribution < 1.29 is 19.6 Å². The third-order valence-corrected chi connectivity index (χ3v) is 4.82. The van der Waals surface area contributed by atoms with E-state index in [0.717, 1.165) is 22.3 Å². The minimum atomic E-state index is -0.554. The van der Waals surface area contributed by atoms with Crippen LogP contribution in [0.2, 0.25) is 0 Å². The first-order valence-corrected chi connectivity index (χ1v) is 10.3. The van der Waals surface area contributed by atoms with Gasteiger partial charge in [0.25, 0.3) is 5.91 Å². The normalized spacial score (nSPS) is 12.1. The first kappa shape index (κ1) is 24.8. The number of phenols is 1. The Labute approximate surface area is 188 Å². The van der Waals surface area contributed by atoms with Crippen molar-refractivity contribution in [1.82, 2.24) is 5.43 Å². The number of aromatic hydroxyl groups is 1. The number of aryl methyl sites for hydroxylation is 1. The first-order chi connectivity index (χ1) is 14.7. The van der Waals surface area contributed by atoms with E-state index in [9.17, 15) is 20.0 Å². The fourth-order valence-electron chi connectivity index (χ4n) is 3.12. The second kappa shape index (κ2) is 9.38. The van der Waals surface area contributed by atoms with Crippen molar-refractivity contribution in [2.75, 3.05) is 6.61 Å². The van der Waals surface area contributed by atoms with E-state index in [1.165, 1.54) is 18.3 Å². The number of nitro benzene ring substituents is 1. The maximum atomic E-state index is 12.1. The molecule has 0 radical (unpaired) electrons. The molecule has 0 spiro atoms. The van der Waals surface area contributed by atoms with E-state index in [1.54, 1.807) is 13.0 Å². The fourth-order valence-corrected chi connectivity index (χ4v) is 3.12. The zero-order valence-corrected chi connectivity index (χ0v) is 19.6. The Morgan fingerprint density at radius 3 is 2.19 bits per heavy atom. The van der Waals surface area contributed by atoms with E-state index in [0.29, 0.717) is 0 Å². The topological polar surface area (TPSA) is 114 Å². The number of rotatable bonds is 6. The monoisotopic (exact) mass is 441 g/mol. The fraction of sp³-hybridized carbons (Fsp3) is 0.417. The van der Waals surface area contributed by atoms with Gasteiger partial charge in [0.1, 0.15) is 5.75 Å². The molecule has 0 saturated carbocycles. The van der Waals surface area contributed by atoms with Gasteiger partial charge in [-0.3, -0.25) is 14.9 Å². The van der Waals surface area contributed by atoms with Crippen LogP contribution < -0.4 is 10.2 Å². The number of ether oxygens (including phenoxy) is 1. The maximum absolute atomic E-state index is 12.1. The van der Waals surface area contributed by atoms with Crippen LogP contribution in [0, 0.1) is 17.0 Å². The van der Waals surface area contributed by atoms with E-state index in [4.69, 9.17) is 4.74 Å². The molecule has 0 aliphatic carbocycles. The van der Waals surface area contributed by atoms with Gasteiger partial charge in [0.2, 0.25) is 0 Å². The molecule has 0 unspecified atom stereocenters. The van der Waals surface area contributed by atoms with Crippen molar-refractivity contribution in [3.63, 3.8) is 0 Å². The van der Waals surface area contributed by atoms with Crippen LogP contribution >= 0.6 is 0 Å². The summed E-state index contributed by atoms with van der Waals surface area (Å²) in [5.41, 5.74) is 4.62. The number of phenolic OH excluding ortho intramolecular Hbond substituents is 1. The highest BCUT2D eigenvalue weighted by molar-refractivity contribution is 5.84. The average molecular weight is 442 g/mol. The standard InChI is InChI=1S/C24H31N3O5/c1-15-8-9-20(19(10-15)27(30)31)32-14-21(28)26-25-13-16-11-17(23(2,3)4)22(29)18(12-16)24(5,6)7/h8-13,29H,14H2,1-7H3,(H,26,28)/b25-13+. The summed E-state index contributed by atoms with van der Waals surface area (Å²) in [7, 11) is 0. The van der Waals surface area contributed by atoms with Gasteiger partial charge in [-0.25, -0.2) is 5.43 Å². The SMILES string of the molecule is Cc1ccc(OCC(=O)N/N=C/c2cc(C(C)(C)C)c(O)c(C(C)(C)C)c2)c([N+](=O)[O-])c1. The summed E-state index contributed by atoms with van der Waals surface area (Å²) >= 11 is 0. The number of benzene rings is 2. The van der Waals surface area contributed by atoms with E-state index in [-0.39, 0.29) is 28.0 Å². The molecule has 2 N–H and O–H groups in total. The van der Waals surface area contributed by atoms with Crippen LogP contribution in [-0.4, -0.2) is 28.8 Å². The molecule has 172 valence electrons. The minimum Gasteiger partial charge on any atom is -0.507 e. The summed E-state index contributed by atoms with van der Waals surface area (Å²) in [6.07, 6.45) is 1.50. The van der Waals surface area contributed by atoms with Gasteiger partial charge in [0.05, 0.1) is 11.1 Å². The van der Waals surface area contributed by atoms with Gasteiger partial charge >= 0.3 is 5.69 Å². The van der Waals surface area contributed by atoms with Crippen LogP contribution in [0.1, 0.15) is 63.8 Å². The molecular weight excluding hydrogens is 410 g/mol. The number of carbonyl (C=O) groups excluding carboxylic acids is 1. The molecule has 0 aliphatic rings. The second-order valence-corrected chi connectivity index (χ2v) is 9.77. The zero-order valence-electron chi connectivity index (χ0n) is 19.6. The van der Waals surface area contributed by atoms with Gasteiger partial charge in [-0.1, -0.05) is 47.6 Å². The van der Waals surface area contributed by atoms with Crippen LogP contribution in [0.15, 0.2) is 35.4 Å². The predicted octanol–water partition coefficient (Wildman–Crippen LogP) is 4.73. The van der Waals surface area contributed by atoms with Crippen LogP contribution in [-0.2, 0) is 15.6 Å². The Balaban J connectivity index is 2.14. The summed E-state index contributed by atoms with van der Waals surface area (Å²) in [5.74, 6) is -0.274. The molecule has 0 aromatic heterocycles. The molecule has 0 fully saturated rings. The Bertz CT molecular complexity index is 1010. The second-order valence-electron chi connectivity index (χ2n) is 9.77. The van der Waals surface area contributed by atoms with E-state index in [2.05, 4.69) is 10.5 Å². The number of hydrogen-bond donors (Lipinski definition) is 2. The van der Waals surface area contributed by atoms with Gasteiger partial charge in [0.15, 0.2) is 12.4 Å². The Morgan fingerprint density at radius 1 is 1.12 bits per heavy atom. The van der Waals surface area contributed by atoms with Gasteiger partial charge in [-0.05, 0) is 47.1 Å². The van der Waals surface area contributed by atoms with E-state index in [1.807, 2.05) is 53.7 Å². The predicted molar refractivity (Wildman–Crippen MR) is 125 cm³/mol. The van der Waals surface area contributed by atoms with Crippen molar-refractivity contribution in [3.05, 3.63) is 62.7 Å². The van der Waals surface area contributed by atoms with Gasteiger partial charge < -0.3 is 9.84 Å². The van der Waals surface area contributed by atoms with Crippen molar-refractivity contribution in [2.24, 2.45) is 5.10 Å². The highest BCUT2D eigenvalue weighted by atomic mass is 16.6. The number of carbonyl (C=O) groups is 1. The van der Waals surface area contributed by atoms with Crippen molar-refractivity contribution in [3.8, 4) is 11.5 Å². The largest absolute Gasteiger partial charge is 0.507 e. The molecular formula is C24H31N3O5. The quantitative estimate of drug-likeness (QED) is 0.382. The van der Waals surface area contributed by atoms with E-state index >= 15 is 0 Å². The molecule has 1 amide bonds. The van der Waals surface area contributed by atoms with Gasteiger partial charge in [-0.2, -0.15) is 5.10 Å². The molecule has 0 saturated heterocycles. The van der Waals surface area contributed by atoms with Crippen molar-refractivity contribution >= 4 is 17.8 Å². The van der Waals surface area contributed by atoms with Crippen LogP contribution in [0.25, 0.3) is 0 Å². The minimum absolute atomic E-state index is 0.0166. The average Bonchev–Trinajstić information content (AvgIpc) is 2.66. The number of hydrogen-bond acceptors (Lipinski definition) is 6. The van der Waals surface area contributed by atoms with Crippen LogP contribution in [0.5, 0.6) is 11.5 Å². The molecule has 8 nitrogen and oxygen atoms in total. The van der Waals surface area contributed by atoms with Crippen molar-refractivity contribution in [1.29, 1.82) is 0 Å². The van der Waals surface area contributed by atoms with Crippen molar-refractivity contribution in [2.45, 2.75) is 59.3 Å². The lowest BCUT2D eigenvalue weighted by Crippen LogP contribution is -2.25.